The number of hydrogen-bond donors (Lipinski definition) is 1. The first-order chi connectivity index (χ1) is 7.72. The SMILES string of the molecule is CCCN(CCC(=O)O)CCN1CCCC1. The van der Waals surface area contributed by atoms with Gasteiger partial charge in [0, 0.05) is 19.6 Å². The molecule has 1 aliphatic rings. The van der Waals surface area contributed by atoms with Crippen molar-refractivity contribution in [3.63, 3.8) is 0 Å². The zero-order valence-electron chi connectivity index (χ0n) is 10.3. The van der Waals surface area contributed by atoms with Gasteiger partial charge in [0.15, 0.2) is 0 Å². The molecule has 0 aromatic heterocycles. The molecular formula is C12H24N2O2. The molecule has 16 heavy (non-hydrogen) atoms. The Kier molecular flexibility index (Phi) is 6.42. The van der Waals surface area contributed by atoms with Crippen molar-refractivity contribution in [2.75, 3.05) is 39.3 Å². The lowest BCUT2D eigenvalue weighted by atomic mass is 10.3. The summed E-state index contributed by atoms with van der Waals surface area (Å²) in [5.74, 6) is -0.692. The van der Waals surface area contributed by atoms with Gasteiger partial charge in [-0.3, -0.25) is 4.79 Å². The molecule has 4 nitrogen and oxygen atoms in total. The average Bonchev–Trinajstić information content (AvgIpc) is 2.75. The maximum Gasteiger partial charge on any atom is 0.304 e. The maximum absolute atomic E-state index is 10.5. The lowest BCUT2D eigenvalue weighted by molar-refractivity contribution is -0.137. The summed E-state index contributed by atoms with van der Waals surface area (Å²) in [6.45, 7) is 8.40. The molecule has 0 spiro atoms. The molecule has 0 aromatic carbocycles. The van der Waals surface area contributed by atoms with E-state index in [-0.39, 0.29) is 6.42 Å². The molecule has 1 rings (SSSR count). The summed E-state index contributed by atoms with van der Waals surface area (Å²) < 4.78 is 0. The molecular weight excluding hydrogens is 204 g/mol. The second-order valence-corrected chi connectivity index (χ2v) is 4.53. The summed E-state index contributed by atoms with van der Waals surface area (Å²) in [4.78, 5) is 15.3. The van der Waals surface area contributed by atoms with E-state index >= 15 is 0 Å². The number of nitrogens with zero attached hydrogens (tertiary/aromatic N) is 2. The van der Waals surface area contributed by atoms with E-state index in [4.69, 9.17) is 5.11 Å². The van der Waals surface area contributed by atoms with E-state index in [0.717, 1.165) is 26.1 Å². The first-order valence-electron chi connectivity index (χ1n) is 6.39. The van der Waals surface area contributed by atoms with Gasteiger partial charge in [0.05, 0.1) is 6.42 Å². The van der Waals surface area contributed by atoms with Gasteiger partial charge in [0.1, 0.15) is 0 Å². The van der Waals surface area contributed by atoms with E-state index < -0.39 is 5.97 Å². The van der Waals surface area contributed by atoms with Gasteiger partial charge in [-0.05, 0) is 38.9 Å². The van der Waals surface area contributed by atoms with Crippen LogP contribution in [0.1, 0.15) is 32.6 Å². The van der Waals surface area contributed by atoms with Crippen molar-refractivity contribution in [3.8, 4) is 0 Å². The van der Waals surface area contributed by atoms with Crippen LogP contribution in [0.4, 0.5) is 0 Å². The van der Waals surface area contributed by atoms with E-state index in [1.54, 1.807) is 0 Å². The Morgan fingerprint density at radius 1 is 1.25 bits per heavy atom. The second kappa shape index (κ2) is 7.63. The van der Waals surface area contributed by atoms with Gasteiger partial charge in [-0.25, -0.2) is 0 Å². The Labute approximate surface area is 98.2 Å². The van der Waals surface area contributed by atoms with Crippen LogP contribution in [-0.2, 0) is 4.79 Å². The van der Waals surface area contributed by atoms with Crippen LogP contribution >= 0.6 is 0 Å². The largest absolute Gasteiger partial charge is 0.481 e. The first-order valence-corrected chi connectivity index (χ1v) is 6.39. The van der Waals surface area contributed by atoms with Crippen LogP contribution in [0.3, 0.4) is 0 Å². The molecule has 4 heteroatoms. The highest BCUT2D eigenvalue weighted by atomic mass is 16.4. The van der Waals surface area contributed by atoms with Crippen LogP contribution in [-0.4, -0.2) is 60.1 Å². The van der Waals surface area contributed by atoms with Gasteiger partial charge in [-0.15, -0.1) is 0 Å². The van der Waals surface area contributed by atoms with Crippen LogP contribution in [0.15, 0.2) is 0 Å². The standard InChI is InChI=1S/C12H24N2O2/c1-2-6-13(9-5-12(15)16)10-11-14-7-3-4-8-14/h2-11H2,1H3,(H,15,16). The van der Waals surface area contributed by atoms with Gasteiger partial charge >= 0.3 is 5.97 Å². The molecule has 0 amide bonds. The molecule has 94 valence electrons. The Morgan fingerprint density at radius 2 is 1.94 bits per heavy atom. The van der Waals surface area contributed by atoms with Crippen molar-refractivity contribution in [2.24, 2.45) is 0 Å². The number of carbonyl (C=O) groups is 1. The van der Waals surface area contributed by atoms with Crippen LogP contribution < -0.4 is 0 Å². The fourth-order valence-corrected chi connectivity index (χ4v) is 2.19. The Hall–Kier alpha value is -0.610. The second-order valence-electron chi connectivity index (χ2n) is 4.53. The number of rotatable bonds is 8. The molecule has 1 N–H and O–H groups in total. The predicted octanol–water partition coefficient (Wildman–Crippen LogP) is 1.27. The van der Waals surface area contributed by atoms with E-state index in [1.165, 1.54) is 25.9 Å². The monoisotopic (exact) mass is 228 g/mol. The van der Waals surface area contributed by atoms with Gasteiger partial charge < -0.3 is 14.9 Å². The fraction of sp³-hybridized carbons (Fsp3) is 0.917. The zero-order chi connectivity index (χ0) is 11.8. The van der Waals surface area contributed by atoms with E-state index in [0.29, 0.717) is 6.54 Å². The average molecular weight is 228 g/mol. The number of carboxylic acids is 1. The first kappa shape index (κ1) is 13.5. The molecule has 0 radical (unpaired) electrons. The maximum atomic E-state index is 10.5. The van der Waals surface area contributed by atoms with E-state index in [2.05, 4.69) is 16.7 Å². The summed E-state index contributed by atoms with van der Waals surface area (Å²) in [7, 11) is 0. The summed E-state index contributed by atoms with van der Waals surface area (Å²) in [5, 5.41) is 8.67. The molecule has 0 bridgehead atoms. The highest BCUT2D eigenvalue weighted by Gasteiger charge is 2.13. The molecule has 0 atom stereocenters. The molecule has 1 fully saturated rings. The van der Waals surface area contributed by atoms with Gasteiger partial charge in [0.2, 0.25) is 0 Å². The van der Waals surface area contributed by atoms with Crippen molar-refractivity contribution in [1.29, 1.82) is 0 Å². The summed E-state index contributed by atoms with van der Waals surface area (Å²) in [6, 6.07) is 0. The Morgan fingerprint density at radius 3 is 2.50 bits per heavy atom. The fourth-order valence-electron chi connectivity index (χ4n) is 2.19. The minimum absolute atomic E-state index is 0.264. The minimum atomic E-state index is -0.692. The molecule has 1 heterocycles. The highest BCUT2D eigenvalue weighted by Crippen LogP contribution is 2.07. The molecule has 0 unspecified atom stereocenters. The number of aliphatic carboxylic acids is 1. The third-order valence-electron chi connectivity index (χ3n) is 3.11. The molecule has 1 aliphatic heterocycles. The van der Waals surface area contributed by atoms with Crippen LogP contribution in [0.2, 0.25) is 0 Å². The summed E-state index contributed by atoms with van der Waals surface area (Å²) in [6.07, 6.45) is 4.01. The van der Waals surface area contributed by atoms with E-state index in [1.807, 2.05) is 0 Å². The van der Waals surface area contributed by atoms with Gasteiger partial charge in [0.25, 0.3) is 0 Å². The number of hydrogen-bond acceptors (Lipinski definition) is 3. The van der Waals surface area contributed by atoms with E-state index in [9.17, 15) is 4.79 Å². The van der Waals surface area contributed by atoms with Crippen LogP contribution in [0.5, 0.6) is 0 Å². The highest BCUT2D eigenvalue weighted by molar-refractivity contribution is 5.66. The Balaban J connectivity index is 2.17. The van der Waals surface area contributed by atoms with Gasteiger partial charge in [-0.1, -0.05) is 6.92 Å². The van der Waals surface area contributed by atoms with Crippen molar-refractivity contribution in [2.45, 2.75) is 32.6 Å². The van der Waals surface area contributed by atoms with Crippen molar-refractivity contribution >= 4 is 5.97 Å². The third kappa shape index (κ3) is 5.47. The smallest absolute Gasteiger partial charge is 0.304 e. The zero-order valence-corrected chi connectivity index (χ0v) is 10.3. The lowest BCUT2D eigenvalue weighted by Crippen LogP contribution is -2.35. The quantitative estimate of drug-likeness (QED) is 0.679. The topological polar surface area (TPSA) is 43.8 Å². The normalized spacial score (nSPS) is 17.1. The molecule has 0 saturated carbocycles. The Bertz CT molecular complexity index is 203. The van der Waals surface area contributed by atoms with Crippen molar-refractivity contribution in [3.05, 3.63) is 0 Å². The third-order valence-corrected chi connectivity index (χ3v) is 3.11. The molecule has 0 aromatic rings. The summed E-state index contributed by atoms with van der Waals surface area (Å²) in [5.41, 5.74) is 0. The number of likely N-dealkylation sites (tertiary alicyclic amines) is 1. The molecule has 1 saturated heterocycles. The molecule has 0 aliphatic carbocycles. The van der Waals surface area contributed by atoms with Crippen molar-refractivity contribution < 1.29 is 9.90 Å². The van der Waals surface area contributed by atoms with Gasteiger partial charge in [-0.2, -0.15) is 0 Å². The van der Waals surface area contributed by atoms with Crippen molar-refractivity contribution in [1.82, 2.24) is 9.80 Å². The predicted molar refractivity (Wildman–Crippen MR) is 64.7 cm³/mol. The summed E-state index contributed by atoms with van der Waals surface area (Å²) >= 11 is 0. The number of carboxylic acid groups (broad SMARTS) is 1. The van der Waals surface area contributed by atoms with Crippen LogP contribution in [0.25, 0.3) is 0 Å². The van der Waals surface area contributed by atoms with Crippen LogP contribution in [0, 0.1) is 0 Å². The minimum Gasteiger partial charge on any atom is -0.481 e. The lowest BCUT2D eigenvalue weighted by Gasteiger charge is -2.24.